The molecule has 0 radical (unpaired) electrons. The first kappa shape index (κ1) is 26.0. The summed E-state index contributed by atoms with van der Waals surface area (Å²) in [6.45, 7) is 5.02. The summed E-state index contributed by atoms with van der Waals surface area (Å²) in [6.07, 6.45) is -1.02. The van der Waals surface area contributed by atoms with Crippen LogP contribution in [0.25, 0.3) is 0 Å². The molecule has 3 rings (SSSR count). The maximum atomic E-state index is 14.2. The van der Waals surface area contributed by atoms with E-state index in [1.807, 2.05) is 30.3 Å². The number of halogens is 1. The molecular formula is C25H27ClN2O7. The van der Waals surface area contributed by atoms with Crippen molar-refractivity contribution in [3.63, 3.8) is 0 Å². The molecule has 0 unspecified atom stereocenters. The monoisotopic (exact) mass is 502 g/mol. The van der Waals surface area contributed by atoms with Gasteiger partial charge < -0.3 is 24.4 Å². The number of benzene rings is 2. The Morgan fingerprint density at radius 2 is 1.63 bits per heavy atom. The van der Waals surface area contributed by atoms with Crippen molar-refractivity contribution in [3.05, 3.63) is 64.7 Å². The maximum absolute atomic E-state index is 14.2. The Balaban J connectivity index is 2.27. The van der Waals surface area contributed by atoms with E-state index >= 15 is 0 Å². The zero-order valence-electron chi connectivity index (χ0n) is 20.1. The Labute approximate surface area is 208 Å². The first-order chi connectivity index (χ1) is 16.4. The molecule has 35 heavy (non-hydrogen) atoms. The number of amides is 2. The Hall–Kier alpha value is -3.59. The molecule has 0 aromatic heterocycles. The minimum atomic E-state index is -2.24. The number of rotatable bonds is 6. The average molecular weight is 503 g/mol. The summed E-state index contributed by atoms with van der Waals surface area (Å²) in [7, 11) is 2.14. The highest BCUT2D eigenvalue weighted by Crippen LogP contribution is 2.47. The van der Waals surface area contributed by atoms with Gasteiger partial charge in [0.05, 0.1) is 26.5 Å². The Morgan fingerprint density at radius 1 is 1.03 bits per heavy atom. The van der Waals surface area contributed by atoms with E-state index in [4.69, 9.17) is 25.8 Å². The van der Waals surface area contributed by atoms with Crippen LogP contribution in [0, 0.1) is 5.92 Å². The molecule has 0 spiro atoms. The van der Waals surface area contributed by atoms with Gasteiger partial charge in [-0.15, -0.1) is 0 Å². The summed E-state index contributed by atoms with van der Waals surface area (Å²) in [5.74, 6) is -4.77. The standard InChI is InChI=1S/C25H27ClN2O7/c1-24(2,3)35-23(32)27-25(19(20(29)33-4)21(30)34-5)17-13-16(26)11-12-18(17)28(22(25)31)14-15-9-7-6-8-10-15/h6-13,19H,14H2,1-5H3,(H,27,32)/t25-/m0/s1. The lowest BCUT2D eigenvalue weighted by Crippen LogP contribution is -2.62. The van der Waals surface area contributed by atoms with Crippen molar-refractivity contribution in [1.82, 2.24) is 5.32 Å². The second-order valence-electron chi connectivity index (χ2n) is 8.95. The van der Waals surface area contributed by atoms with Crippen molar-refractivity contribution in [2.45, 2.75) is 38.5 Å². The summed E-state index contributed by atoms with van der Waals surface area (Å²) in [4.78, 5) is 54.5. The molecule has 0 bridgehead atoms. The van der Waals surface area contributed by atoms with Crippen LogP contribution in [0.3, 0.4) is 0 Å². The van der Waals surface area contributed by atoms with E-state index in [-0.39, 0.29) is 17.1 Å². The molecule has 0 saturated carbocycles. The summed E-state index contributed by atoms with van der Waals surface area (Å²) >= 11 is 6.27. The van der Waals surface area contributed by atoms with E-state index in [9.17, 15) is 19.2 Å². The molecule has 1 aliphatic heterocycles. The van der Waals surface area contributed by atoms with Gasteiger partial charge in [0.1, 0.15) is 5.60 Å². The third-order valence-electron chi connectivity index (χ3n) is 5.45. The molecule has 10 heteroatoms. The highest BCUT2D eigenvalue weighted by molar-refractivity contribution is 6.31. The van der Waals surface area contributed by atoms with Gasteiger partial charge in [-0.05, 0) is 44.5 Å². The normalized spacial score (nSPS) is 17.1. The van der Waals surface area contributed by atoms with Gasteiger partial charge in [0.15, 0.2) is 11.5 Å². The largest absolute Gasteiger partial charge is 0.468 e. The Morgan fingerprint density at radius 3 is 2.17 bits per heavy atom. The number of esters is 2. The number of carbonyl (C=O) groups is 4. The molecule has 186 valence electrons. The molecule has 1 atom stereocenters. The molecule has 2 amide bonds. The zero-order chi connectivity index (χ0) is 26.0. The first-order valence-electron chi connectivity index (χ1n) is 10.8. The fourth-order valence-corrected chi connectivity index (χ4v) is 4.21. The van der Waals surface area contributed by atoms with E-state index in [2.05, 4.69) is 5.32 Å². The maximum Gasteiger partial charge on any atom is 0.408 e. The van der Waals surface area contributed by atoms with Crippen LogP contribution in [0.15, 0.2) is 48.5 Å². The fraction of sp³-hybridized carbons (Fsp3) is 0.360. The molecule has 0 fully saturated rings. The van der Waals surface area contributed by atoms with Crippen LogP contribution in [0.4, 0.5) is 10.5 Å². The van der Waals surface area contributed by atoms with Gasteiger partial charge in [0.25, 0.3) is 5.91 Å². The van der Waals surface area contributed by atoms with Crippen LogP contribution in [0.5, 0.6) is 0 Å². The van der Waals surface area contributed by atoms with E-state index in [0.29, 0.717) is 5.69 Å². The smallest absolute Gasteiger partial charge is 0.408 e. The molecule has 2 aromatic rings. The third kappa shape index (κ3) is 5.09. The SMILES string of the molecule is COC(=O)C(C(=O)OC)[C@]1(NC(=O)OC(C)(C)C)C(=O)N(Cc2ccccc2)c2ccc(Cl)cc21. The number of carbonyl (C=O) groups excluding carboxylic acids is 4. The number of anilines is 1. The number of methoxy groups -OCH3 is 2. The number of nitrogens with zero attached hydrogens (tertiary/aromatic N) is 1. The van der Waals surface area contributed by atoms with Crippen molar-refractivity contribution in [3.8, 4) is 0 Å². The lowest BCUT2D eigenvalue weighted by Gasteiger charge is -2.34. The predicted molar refractivity (Wildman–Crippen MR) is 128 cm³/mol. The third-order valence-corrected chi connectivity index (χ3v) is 5.68. The fourth-order valence-electron chi connectivity index (χ4n) is 4.04. The summed E-state index contributed by atoms with van der Waals surface area (Å²) in [5.41, 5.74) is -1.89. The molecule has 9 nitrogen and oxygen atoms in total. The molecular weight excluding hydrogens is 476 g/mol. The van der Waals surface area contributed by atoms with Crippen molar-refractivity contribution in [2.24, 2.45) is 5.92 Å². The van der Waals surface area contributed by atoms with Crippen LogP contribution in [-0.2, 0) is 40.7 Å². The zero-order valence-corrected chi connectivity index (χ0v) is 20.8. The van der Waals surface area contributed by atoms with Crippen molar-refractivity contribution >= 4 is 41.2 Å². The highest BCUT2D eigenvalue weighted by atomic mass is 35.5. The second-order valence-corrected chi connectivity index (χ2v) is 9.39. The van der Waals surface area contributed by atoms with Crippen LogP contribution in [0.1, 0.15) is 31.9 Å². The van der Waals surface area contributed by atoms with E-state index in [1.54, 1.807) is 32.9 Å². The summed E-state index contributed by atoms with van der Waals surface area (Å²) in [5, 5.41) is 2.74. The topological polar surface area (TPSA) is 111 Å². The number of fused-ring (bicyclic) bond motifs is 1. The lowest BCUT2D eigenvalue weighted by atomic mass is 9.78. The average Bonchev–Trinajstić information content (AvgIpc) is 3.00. The molecule has 0 saturated heterocycles. The number of hydrogen-bond acceptors (Lipinski definition) is 7. The quantitative estimate of drug-likeness (QED) is 0.365. The molecule has 1 heterocycles. The summed E-state index contributed by atoms with van der Waals surface area (Å²) in [6, 6.07) is 13.7. The molecule has 1 N–H and O–H groups in total. The van der Waals surface area contributed by atoms with E-state index in [0.717, 1.165) is 19.8 Å². The van der Waals surface area contributed by atoms with Crippen LogP contribution >= 0.6 is 11.6 Å². The minimum absolute atomic E-state index is 0.0983. The first-order valence-corrected chi connectivity index (χ1v) is 11.1. The van der Waals surface area contributed by atoms with Gasteiger partial charge in [0, 0.05) is 10.6 Å². The lowest BCUT2D eigenvalue weighted by molar-refractivity contribution is -0.165. The minimum Gasteiger partial charge on any atom is -0.468 e. The van der Waals surface area contributed by atoms with E-state index in [1.165, 1.54) is 11.0 Å². The van der Waals surface area contributed by atoms with Crippen molar-refractivity contribution in [1.29, 1.82) is 0 Å². The van der Waals surface area contributed by atoms with Gasteiger partial charge in [-0.25, -0.2) is 4.79 Å². The van der Waals surface area contributed by atoms with Crippen LogP contribution < -0.4 is 10.2 Å². The highest BCUT2D eigenvalue weighted by Gasteiger charge is 2.63. The van der Waals surface area contributed by atoms with Gasteiger partial charge in [-0.1, -0.05) is 41.9 Å². The number of ether oxygens (including phenoxy) is 3. The van der Waals surface area contributed by atoms with Gasteiger partial charge in [0.2, 0.25) is 0 Å². The molecule has 2 aromatic carbocycles. The second kappa shape index (κ2) is 9.95. The number of hydrogen-bond donors (Lipinski definition) is 1. The Kier molecular flexibility index (Phi) is 7.40. The molecule has 0 aliphatic carbocycles. The van der Waals surface area contributed by atoms with Gasteiger partial charge in [-0.2, -0.15) is 0 Å². The number of nitrogens with one attached hydrogen (secondary N) is 1. The molecule has 1 aliphatic rings. The van der Waals surface area contributed by atoms with E-state index < -0.39 is 41.0 Å². The van der Waals surface area contributed by atoms with Crippen molar-refractivity contribution < 1.29 is 33.4 Å². The summed E-state index contributed by atoms with van der Waals surface area (Å²) < 4.78 is 15.1. The van der Waals surface area contributed by atoms with Crippen molar-refractivity contribution in [2.75, 3.05) is 19.1 Å². The van der Waals surface area contributed by atoms with Gasteiger partial charge >= 0.3 is 18.0 Å². The Bertz CT molecular complexity index is 1130. The van der Waals surface area contributed by atoms with Crippen LogP contribution in [-0.4, -0.2) is 43.8 Å². The van der Waals surface area contributed by atoms with Gasteiger partial charge in [-0.3, -0.25) is 14.4 Å². The predicted octanol–water partition coefficient (Wildman–Crippen LogP) is 3.57. The van der Waals surface area contributed by atoms with Crippen LogP contribution in [0.2, 0.25) is 5.02 Å². The number of alkyl carbamates (subject to hydrolysis) is 1.